The number of hydrogen-bond acceptors (Lipinski definition) is 7. The van der Waals surface area contributed by atoms with Crippen LogP contribution < -0.4 is 0 Å². The number of aromatic carboxylic acids is 1. The number of carbonyl (C=O) groups is 2. The zero-order chi connectivity index (χ0) is 23.9. The van der Waals surface area contributed by atoms with Gasteiger partial charge in [-0.3, -0.25) is 4.90 Å². The first-order chi connectivity index (χ1) is 16.5. The van der Waals surface area contributed by atoms with Gasteiger partial charge in [-0.1, -0.05) is 78.5 Å². The molecule has 0 radical (unpaired) electrons. The summed E-state index contributed by atoms with van der Waals surface area (Å²) in [6.45, 7) is 0.659. The van der Waals surface area contributed by atoms with Crippen molar-refractivity contribution in [1.29, 1.82) is 0 Å². The summed E-state index contributed by atoms with van der Waals surface area (Å²) >= 11 is 2.66. The molecule has 0 aliphatic carbocycles. The molecule has 1 aromatic heterocycles. The summed E-state index contributed by atoms with van der Waals surface area (Å²) in [7, 11) is 0. The molecule has 1 fully saturated rings. The number of amides is 1. The van der Waals surface area contributed by atoms with Gasteiger partial charge in [0.05, 0.1) is 12.1 Å². The van der Waals surface area contributed by atoms with Crippen LogP contribution in [0.5, 0.6) is 0 Å². The second-order valence-electron chi connectivity index (χ2n) is 7.71. The summed E-state index contributed by atoms with van der Waals surface area (Å²) in [6.07, 6.45) is 2.90. The number of carbonyl (C=O) groups excluding carboxylic acids is 1. The zero-order valence-corrected chi connectivity index (χ0v) is 19.9. The molecule has 0 saturated carbocycles. The van der Waals surface area contributed by atoms with E-state index in [1.807, 2.05) is 42.5 Å². The lowest BCUT2D eigenvalue weighted by Gasteiger charge is -2.18. The third-order valence-corrected chi connectivity index (χ3v) is 7.31. The minimum Gasteiger partial charge on any atom is -0.476 e. The van der Waals surface area contributed by atoms with Crippen molar-refractivity contribution in [3.63, 3.8) is 0 Å². The number of aliphatic hydroxyl groups excluding tert-OH is 1. The van der Waals surface area contributed by atoms with Crippen molar-refractivity contribution in [2.45, 2.75) is 22.9 Å². The number of aliphatic hydroxyl groups is 1. The van der Waals surface area contributed by atoms with Gasteiger partial charge in [-0.25, -0.2) is 14.6 Å². The molecule has 176 valence electrons. The number of nitrogens with zero attached hydrogens (tertiary/aromatic N) is 2. The van der Waals surface area contributed by atoms with Gasteiger partial charge in [-0.05, 0) is 16.7 Å². The molecule has 1 aliphatic rings. The third-order valence-electron chi connectivity index (χ3n) is 5.31. The second-order valence-corrected chi connectivity index (χ2v) is 9.91. The Morgan fingerprint density at radius 3 is 2.79 bits per heavy atom. The Balaban J connectivity index is 1.31. The Morgan fingerprint density at radius 2 is 2.03 bits per heavy atom. The molecule has 2 atom stereocenters. The third kappa shape index (κ3) is 6.25. The molecule has 34 heavy (non-hydrogen) atoms. The van der Waals surface area contributed by atoms with Gasteiger partial charge in [0.1, 0.15) is 6.61 Å². The number of rotatable bonds is 10. The van der Waals surface area contributed by atoms with Crippen LogP contribution in [0.4, 0.5) is 4.79 Å². The molecular weight excluding hydrogens is 472 g/mol. The van der Waals surface area contributed by atoms with Gasteiger partial charge >= 0.3 is 12.1 Å². The van der Waals surface area contributed by atoms with Crippen molar-refractivity contribution >= 4 is 35.2 Å². The number of ether oxygens (including phenoxy) is 1. The predicted molar refractivity (Wildman–Crippen MR) is 132 cm³/mol. The Labute approximate surface area is 205 Å². The van der Waals surface area contributed by atoms with Crippen molar-refractivity contribution in [2.24, 2.45) is 0 Å². The van der Waals surface area contributed by atoms with E-state index < -0.39 is 18.2 Å². The van der Waals surface area contributed by atoms with Gasteiger partial charge in [-0.2, -0.15) is 0 Å². The molecule has 1 saturated heterocycles. The summed E-state index contributed by atoms with van der Waals surface area (Å²) in [5.74, 6) is -0.498. The number of thioether (sulfide) groups is 1. The van der Waals surface area contributed by atoms with Crippen molar-refractivity contribution in [3.8, 4) is 11.1 Å². The molecule has 2 aromatic carbocycles. The quantitative estimate of drug-likeness (QED) is 0.313. The van der Waals surface area contributed by atoms with Crippen LogP contribution in [0, 0.1) is 0 Å². The maximum atomic E-state index is 12.1. The van der Waals surface area contributed by atoms with Crippen molar-refractivity contribution in [2.75, 3.05) is 18.9 Å². The van der Waals surface area contributed by atoms with Crippen LogP contribution in [0.3, 0.4) is 0 Å². The van der Waals surface area contributed by atoms with Gasteiger partial charge in [0.2, 0.25) is 0 Å². The fourth-order valence-electron chi connectivity index (χ4n) is 3.61. The first-order valence-corrected chi connectivity index (χ1v) is 12.6. The normalized spacial score (nSPS) is 16.7. The van der Waals surface area contributed by atoms with Crippen LogP contribution in [0.1, 0.15) is 16.1 Å². The highest BCUT2D eigenvalue weighted by molar-refractivity contribution is 8.01. The van der Waals surface area contributed by atoms with Crippen LogP contribution in [0.15, 0.2) is 76.5 Å². The SMILES string of the molecule is O=C(O)c1csc(SCCN2C(=O)OC[C@@H]2/C=C/[C@@H](O)Cc2cccc(-c3ccccc3)c2)n1. The zero-order valence-electron chi connectivity index (χ0n) is 18.2. The molecule has 9 heteroatoms. The van der Waals surface area contributed by atoms with Gasteiger partial charge in [0.15, 0.2) is 10.0 Å². The number of thiazole rings is 1. The smallest absolute Gasteiger partial charge is 0.410 e. The predicted octanol–water partition coefficient (Wildman–Crippen LogP) is 4.58. The molecule has 0 bridgehead atoms. The van der Waals surface area contributed by atoms with Gasteiger partial charge < -0.3 is 14.9 Å². The standard InChI is InChI=1S/C25H24N2O5S2/c28-21(14-17-5-4-8-19(13-17)18-6-2-1-3-7-18)10-9-20-15-32-25(31)27(20)11-12-33-24-26-22(16-34-24)23(29)30/h1-10,13,16,20-21,28H,11-12,14-15H2,(H,29,30)/b10-9+/t20-,21+/m0/s1. The Hall–Kier alpha value is -3.14. The van der Waals surface area contributed by atoms with Gasteiger partial charge in [0, 0.05) is 24.1 Å². The lowest BCUT2D eigenvalue weighted by Crippen LogP contribution is -2.34. The molecule has 2 N–H and O–H groups in total. The molecule has 0 spiro atoms. The summed E-state index contributed by atoms with van der Waals surface area (Å²) in [5.41, 5.74) is 3.27. The number of cyclic esters (lactones) is 1. The minimum atomic E-state index is -1.05. The van der Waals surface area contributed by atoms with E-state index in [0.29, 0.717) is 23.1 Å². The van der Waals surface area contributed by atoms with Gasteiger partial charge in [0.25, 0.3) is 0 Å². The van der Waals surface area contributed by atoms with E-state index >= 15 is 0 Å². The van der Waals surface area contributed by atoms with E-state index in [-0.39, 0.29) is 18.3 Å². The fourth-order valence-corrected chi connectivity index (χ4v) is 5.42. The molecule has 3 aromatic rings. The summed E-state index contributed by atoms with van der Waals surface area (Å²) in [4.78, 5) is 28.7. The first kappa shape index (κ1) is 24.0. The molecule has 1 amide bonds. The van der Waals surface area contributed by atoms with Crippen LogP contribution in [0.25, 0.3) is 11.1 Å². The van der Waals surface area contributed by atoms with Crippen LogP contribution >= 0.6 is 23.1 Å². The van der Waals surface area contributed by atoms with E-state index in [9.17, 15) is 14.7 Å². The summed E-state index contributed by atoms with van der Waals surface area (Å²) < 4.78 is 5.83. The topological polar surface area (TPSA) is 100.0 Å². The van der Waals surface area contributed by atoms with Crippen LogP contribution in [-0.2, 0) is 11.2 Å². The van der Waals surface area contributed by atoms with Crippen molar-refractivity contribution < 1.29 is 24.5 Å². The fraction of sp³-hybridized carbons (Fsp3) is 0.240. The lowest BCUT2D eigenvalue weighted by molar-refractivity contribution is 0.0690. The van der Waals surface area contributed by atoms with Gasteiger partial charge in [-0.15, -0.1) is 11.3 Å². The van der Waals surface area contributed by atoms with Crippen LogP contribution in [0.2, 0.25) is 0 Å². The van der Waals surface area contributed by atoms with Crippen molar-refractivity contribution in [3.05, 3.63) is 83.4 Å². The summed E-state index contributed by atoms with van der Waals surface area (Å²) in [6, 6.07) is 17.9. The molecule has 4 rings (SSSR count). The van der Waals surface area contributed by atoms with E-state index in [1.165, 1.54) is 28.5 Å². The maximum Gasteiger partial charge on any atom is 0.410 e. The van der Waals surface area contributed by atoms with E-state index in [0.717, 1.165) is 16.7 Å². The minimum absolute atomic E-state index is 0.0252. The summed E-state index contributed by atoms with van der Waals surface area (Å²) in [5, 5.41) is 21.0. The monoisotopic (exact) mass is 496 g/mol. The average Bonchev–Trinajstić information content (AvgIpc) is 3.46. The number of carboxylic acids is 1. The Kier molecular flexibility index (Phi) is 7.99. The van der Waals surface area contributed by atoms with E-state index in [1.54, 1.807) is 11.0 Å². The molecular formula is C25H24N2O5S2. The molecule has 2 heterocycles. The maximum absolute atomic E-state index is 12.1. The number of carboxylic acid groups (broad SMARTS) is 1. The Morgan fingerprint density at radius 1 is 1.24 bits per heavy atom. The average molecular weight is 497 g/mol. The highest BCUT2D eigenvalue weighted by Crippen LogP contribution is 2.24. The number of aromatic nitrogens is 1. The Bertz CT molecular complexity index is 1160. The molecule has 1 aliphatic heterocycles. The lowest BCUT2D eigenvalue weighted by atomic mass is 10.00. The van der Waals surface area contributed by atoms with Crippen molar-refractivity contribution in [1.82, 2.24) is 9.88 Å². The first-order valence-electron chi connectivity index (χ1n) is 10.8. The largest absolute Gasteiger partial charge is 0.476 e. The highest BCUT2D eigenvalue weighted by atomic mass is 32.2. The highest BCUT2D eigenvalue weighted by Gasteiger charge is 2.30. The van der Waals surface area contributed by atoms with E-state index in [4.69, 9.17) is 9.84 Å². The molecule has 0 unspecified atom stereocenters. The van der Waals surface area contributed by atoms with Crippen LogP contribution in [-0.4, -0.2) is 63.2 Å². The number of hydrogen-bond donors (Lipinski definition) is 2. The number of benzene rings is 2. The molecule has 7 nitrogen and oxygen atoms in total. The van der Waals surface area contributed by atoms with E-state index in [2.05, 4.69) is 23.2 Å². The second kappa shape index (κ2) is 11.3.